The summed E-state index contributed by atoms with van der Waals surface area (Å²) in [6, 6.07) is 5.84. The topological polar surface area (TPSA) is 119 Å². The lowest BCUT2D eigenvalue weighted by Gasteiger charge is -2.32. The molecule has 1 saturated carbocycles. The highest BCUT2D eigenvalue weighted by Gasteiger charge is 2.26. The molecule has 1 aromatic heterocycles. The van der Waals surface area contributed by atoms with Gasteiger partial charge in [-0.05, 0) is 67.3 Å². The molecule has 0 spiro atoms. The van der Waals surface area contributed by atoms with E-state index in [4.69, 9.17) is 11.1 Å². The highest BCUT2D eigenvalue weighted by molar-refractivity contribution is 6.10. The van der Waals surface area contributed by atoms with Gasteiger partial charge in [0.25, 0.3) is 5.91 Å². The maximum Gasteiger partial charge on any atom is 0.272 e. The van der Waals surface area contributed by atoms with Gasteiger partial charge in [-0.25, -0.2) is 9.37 Å². The number of H-pyrrole nitrogens is 1. The van der Waals surface area contributed by atoms with Crippen LogP contribution in [0.5, 0.6) is 0 Å². The van der Waals surface area contributed by atoms with Crippen LogP contribution in [-0.2, 0) is 4.79 Å². The predicted octanol–water partition coefficient (Wildman–Crippen LogP) is 3.89. The van der Waals surface area contributed by atoms with E-state index in [1.165, 1.54) is 18.6 Å². The van der Waals surface area contributed by atoms with Gasteiger partial charge in [-0.15, -0.1) is 0 Å². The number of aldehydes is 1. The van der Waals surface area contributed by atoms with Gasteiger partial charge in [0.15, 0.2) is 0 Å². The first-order valence-electron chi connectivity index (χ1n) is 13.0. The van der Waals surface area contributed by atoms with Crippen LogP contribution in [0.2, 0.25) is 0 Å². The Kier molecular flexibility index (Phi) is 9.88. The Morgan fingerprint density at radius 3 is 2.30 bits per heavy atom. The molecule has 1 amide bonds. The van der Waals surface area contributed by atoms with Gasteiger partial charge in [0.05, 0.1) is 17.4 Å². The molecule has 1 saturated heterocycles. The van der Waals surface area contributed by atoms with Crippen molar-refractivity contribution in [2.45, 2.75) is 51.5 Å². The van der Waals surface area contributed by atoms with Gasteiger partial charge in [0.1, 0.15) is 23.6 Å². The molecule has 1 aromatic carbocycles. The number of amides is 1. The van der Waals surface area contributed by atoms with Crippen molar-refractivity contribution >= 4 is 23.5 Å². The van der Waals surface area contributed by atoms with Crippen LogP contribution in [-0.4, -0.2) is 76.4 Å². The Labute approximate surface area is 218 Å². The zero-order valence-corrected chi connectivity index (χ0v) is 22.1. The average molecular weight is 511 g/mol. The van der Waals surface area contributed by atoms with Gasteiger partial charge in [-0.2, -0.15) is 0 Å². The van der Waals surface area contributed by atoms with Crippen molar-refractivity contribution in [3.63, 3.8) is 0 Å². The van der Waals surface area contributed by atoms with Crippen LogP contribution in [0.25, 0.3) is 5.57 Å². The standard InChI is InChI=1S/C21H26FN5O.C7H13NO/c1-14(2)17(12-18(23)15-4-6-16(22)7-5-15)20-24-13-19(25-20)21(28)27-10-8-26(3)9-11-27;8-7(6-9)4-2-1-3-5-7/h4-7,12-14,23H,8-11H2,1-3H3,(H,24,25);6H,1-5,8H2/b17-12-,23-18?;. The van der Waals surface area contributed by atoms with Crippen LogP contribution in [0.15, 0.2) is 36.5 Å². The van der Waals surface area contributed by atoms with E-state index < -0.39 is 5.54 Å². The molecule has 2 aromatic rings. The van der Waals surface area contributed by atoms with Crippen molar-refractivity contribution in [2.24, 2.45) is 11.7 Å². The lowest BCUT2D eigenvalue weighted by Crippen LogP contribution is -2.47. The number of hydrogen-bond acceptors (Lipinski definition) is 6. The molecule has 0 atom stereocenters. The first-order chi connectivity index (χ1) is 17.6. The summed E-state index contributed by atoms with van der Waals surface area (Å²) >= 11 is 0. The number of nitrogens with one attached hydrogen (secondary N) is 2. The predicted molar refractivity (Wildman–Crippen MR) is 144 cm³/mol. The van der Waals surface area contributed by atoms with Crippen LogP contribution in [0, 0.1) is 17.1 Å². The van der Waals surface area contributed by atoms with Crippen molar-refractivity contribution in [1.82, 2.24) is 19.8 Å². The molecule has 8 nitrogen and oxygen atoms in total. The molecule has 0 radical (unpaired) electrons. The van der Waals surface area contributed by atoms with E-state index in [2.05, 4.69) is 14.9 Å². The minimum absolute atomic E-state index is 0.0523. The average Bonchev–Trinajstić information content (AvgIpc) is 3.38. The second kappa shape index (κ2) is 12.9. The van der Waals surface area contributed by atoms with Gasteiger partial charge in [-0.1, -0.05) is 33.1 Å². The van der Waals surface area contributed by atoms with Crippen LogP contribution >= 0.6 is 0 Å². The largest absolute Gasteiger partial charge is 0.335 e. The number of halogens is 1. The van der Waals surface area contributed by atoms with Gasteiger partial charge in [0.2, 0.25) is 0 Å². The van der Waals surface area contributed by atoms with Crippen LogP contribution in [0.4, 0.5) is 4.39 Å². The molecular formula is C28H39FN6O2. The lowest BCUT2D eigenvalue weighted by molar-refractivity contribution is -0.113. The maximum atomic E-state index is 13.1. The highest BCUT2D eigenvalue weighted by atomic mass is 19.1. The fourth-order valence-electron chi connectivity index (χ4n) is 4.46. The van der Waals surface area contributed by atoms with Gasteiger partial charge in [0, 0.05) is 26.2 Å². The summed E-state index contributed by atoms with van der Waals surface area (Å²) in [5.74, 6) is 0.296. The number of hydrogen-bond donors (Lipinski definition) is 3. The molecule has 1 aliphatic carbocycles. The SMILES string of the molecule is CC(C)/C(=C/C(=N)c1ccc(F)cc1)c1ncc(C(=O)N2CCN(C)CC2)[nH]1.NC1(C=O)CCCCC1. The summed E-state index contributed by atoms with van der Waals surface area (Å²) < 4.78 is 13.1. The molecule has 4 rings (SSSR count). The Bertz CT molecular complexity index is 1090. The minimum Gasteiger partial charge on any atom is -0.335 e. The smallest absolute Gasteiger partial charge is 0.272 e. The molecule has 2 fully saturated rings. The number of benzene rings is 1. The fraction of sp³-hybridized carbons (Fsp3) is 0.500. The Hall–Kier alpha value is -3.17. The second-order valence-electron chi connectivity index (χ2n) is 10.3. The van der Waals surface area contributed by atoms with E-state index in [1.54, 1.807) is 24.4 Å². The zero-order valence-electron chi connectivity index (χ0n) is 22.1. The number of nitrogens with zero attached hydrogens (tertiary/aromatic N) is 3. The summed E-state index contributed by atoms with van der Waals surface area (Å²) in [6.07, 6.45) is 9.45. The quantitative estimate of drug-likeness (QED) is 0.402. The number of likely N-dealkylation sites (N-methyl/N-ethyl adjacent to an activating group) is 1. The van der Waals surface area contributed by atoms with Crippen molar-refractivity contribution in [3.8, 4) is 0 Å². The van der Waals surface area contributed by atoms with Gasteiger partial charge in [-0.3, -0.25) is 4.79 Å². The van der Waals surface area contributed by atoms with E-state index in [9.17, 15) is 14.0 Å². The van der Waals surface area contributed by atoms with E-state index in [0.717, 1.165) is 50.6 Å². The third kappa shape index (κ3) is 7.90. The van der Waals surface area contributed by atoms with Crippen molar-refractivity contribution in [3.05, 3.63) is 59.4 Å². The van der Waals surface area contributed by atoms with E-state index in [0.29, 0.717) is 30.2 Å². The summed E-state index contributed by atoms with van der Waals surface area (Å²) in [4.78, 5) is 34.6. The summed E-state index contributed by atoms with van der Waals surface area (Å²) in [7, 11) is 2.05. The fourth-order valence-corrected chi connectivity index (χ4v) is 4.46. The normalized spacial score (nSPS) is 18.2. The Balaban J connectivity index is 0.000000356. The molecule has 9 heteroatoms. The lowest BCUT2D eigenvalue weighted by atomic mass is 9.84. The second-order valence-corrected chi connectivity index (χ2v) is 10.3. The minimum atomic E-state index is -0.460. The number of nitrogens with two attached hydrogens (primary N) is 1. The number of carbonyl (C=O) groups excluding carboxylic acids is 2. The number of aromatic nitrogens is 2. The number of imidazole rings is 1. The summed E-state index contributed by atoms with van der Waals surface area (Å²) in [5, 5.41) is 8.32. The van der Waals surface area contributed by atoms with Crippen LogP contribution in [0.1, 0.15) is 67.8 Å². The molecule has 2 heterocycles. The van der Waals surface area contributed by atoms with E-state index in [1.807, 2.05) is 25.8 Å². The third-order valence-electron chi connectivity index (χ3n) is 6.97. The molecule has 0 bridgehead atoms. The van der Waals surface area contributed by atoms with E-state index >= 15 is 0 Å². The van der Waals surface area contributed by atoms with E-state index in [-0.39, 0.29) is 23.4 Å². The number of aromatic amines is 1. The summed E-state index contributed by atoms with van der Waals surface area (Å²) in [6.45, 7) is 7.14. The molecule has 0 unspecified atom stereocenters. The molecule has 2 aliphatic rings. The highest BCUT2D eigenvalue weighted by Crippen LogP contribution is 2.24. The van der Waals surface area contributed by atoms with Crippen molar-refractivity contribution in [2.75, 3.05) is 33.2 Å². The third-order valence-corrected chi connectivity index (χ3v) is 6.97. The Morgan fingerprint density at radius 1 is 1.14 bits per heavy atom. The molecule has 4 N–H and O–H groups in total. The zero-order chi connectivity index (χ0) is 27.0. The van der Waals surface area contributed by atoms with Crippen molar-refractivity contribution in [1.29, 1.82) is 5.41 Å². The maximum absolute atomic E-state index is 13.1. The summed E-state index contributed by atoms with van der Waals surface area (Å²) in [5.41, 5.74) is 7.41. The number of allylic oxidation sites excluding steroid dienone is 2. The van der Waals surface area contributed by atoms with Crippen LogP contribution < -0.4 is 5.73 Å². The molecular weight excluding hydrogens is 471 g/mol. The molecule has 200 valence electrons. The van der Waals surface area contributed by atoms with Gasteiger partial charge < -0.3 is 30.7 Å². The van der Waals surface area contributed by atoms with Crippen LogP contribution in [0.3, 0.4) is 0 Å². The monoisotopic (exact) mass is 510 g/mol. The number of rotatable bonds is 6. The van der Waals surface area contributed by atoms with Crippen molar-refractivity contribution < 1.29 is 14.0 Å². The number of carbonyl (C=O) groups is 2. The molecule has 37 heavy (non-hydrogen) atoms. The van der Waals surface area contributed by atoms with Gasteiger partial charge >= 0.3 is 0 Å². The molecule has 1 aliphatic heterocycles. The first-order valence-corrected chi connectivity index (χ1v) is 13.0. The number of piperazine rings is 1. The first kappa shape index (κ1) is 28.4. The Morgan fingerprint density at radius 2 is 1.76 bits per heavy atom.